The number of hydrogen-bond donors (Lipinski definition) is 1. The lowest BCUT2D eigenvalue weighted by atomic mass is 10.1. The van der Waals surface area contributed by atoms with Gasteiger partial charge in [0, 0.05) is 6.61 Å². The predicted octanol–water partition coefficient (Wildman–Crippen LogP) is 3.98. The van der Waals surface area contributed by atoms with Gasteiger partial charge in [0.05, 0.1) is 18.9 Å². The molecule has 1 N–H and O–H groups in total. The fraction of sp³-hybridized carbons (Fsp3) is 0.667. The molecule has 0 amide bonds. The number of nitrogens with zero attached hydrogens (tertiary/aromatic N) is 1. The summed E-state index contributed by atoms with van der Waals surface area (Å²) >= 11 is 0. The molecule has 21 heavy (non-hydrogen) atoms. The van der Waals surface area contributed by atoms with Crippen LogP contribution in [-0.4, -0.2) is 23.3 Å². The van der Waals surface area contributed by atoms with E-state index in [1.807, 2.05) is 6.92 Å². The van der Waals surface area contributed by atoms with Crippen molar-refractivity contribution in [2.45, 2.75) is 52.8 Å². The van der Waals surface area contributed by atoms with Crippen molar-refractivity contribution >= 4 is 0 Å². The largest absolute Gasteiger partial charge is 0.433 e. The van der Waals surface area contributed by atoms with E-state index in [4.69, 9.17) is 9.84 Å². The molecule has 0 aromatic carbocycles. The summed E-state index contributed by atoms with van der Waals surface area (Å²) in [5.74, 6) is 0. The van der Waals surface area contributed by atoms with Crippen molar-refractivity contribution in [3.63, 3.8) is 0 Å². The Bertz CT molecular complexity index is 393. The average Bonchev–Trinajstić information content (AvgIpc) is 2.47. The summed E-state index contributed by atoms with van der Waals surface area (Å²) in [5, 5.41) is 7.88. The van der Waals surface area contributed by atoms with Crippen LogP contribution in [0.5, 0.6) is 0 Å². The molecule has 3 nitrogen and oxygen atoms in total. The Balaban J connectivity index is 0.000000486. The summed E-state index contributed by atoms with van der Waals surface area (Å²) < 4.78 is 41.8. The van der Waals surface area contributed by atoms with Crippen LogP contribution in [0.4, 0.5) is 13.2 Å². The summed E-state index contributed by atoms with van der Waals surface area (Å²) in [7, 11) is 0. The molecule has 1 aliphatic rings. The van der Waals surface area contributed by atoms with Crippen LogP contribution in [0.3, 0.4) is 0 Å². The Hall–Kier alpha value is -1.14. The van der Waals surface area contributed by atoms with Gasteiger partial charge in [-0.3, -0.25) is 0 Å². The minimum Gasteiger partial charge on any atom is -0.396 e. The van der Waals surface area contributed by atoms with E-state index in [0.29, 0.717) is 25.3 Å². The molecule has 0 aliphatic carbocycles. The Morgan fingerprint density at radius 3 is 2.29 bits per heavy atom. The molecule has 0 saturated heterocycles. The second-order valence-corrected chi connectivity index (χ2v) is 4.53. The standard InChI is InChI=1S/C9H8F3NO.C3H8O.C3H8/c10-9(11,12)8-2-1-6-3-4-14-5-7(6)13-8;1-2-3-4;1-3-2/h1-2H,3-5H2;4H,2-3H2,1H3;3H2,1-2H3. The number of alkyl halides is 3. The number of rotatable bonds is 1. The molecule has 6 heteroatoms. The van der Waals surface area contributed by atoms with E-state index >= 15 is 0 Å². The van der Waals surface area contributed by atoms with Gasteiger partial charge in [0.15, 0.2) is 0 Å². The minimum atomic E-state index is -4.37. The Morgan fingerprint density at radius 1 is 1.24 bits per heavy atom. The highest BCUT2D eigenvalue weighted by Gasteiger charge is 2.33. The monoisotopic (exact) mass is 307 g/mol. The Kier molecular flexibility index (Phi) is 9.99. The van der Waals surface area contributed by atoms with Crippen LogP contribution < -0.4 is 0 Å². The van der Waals surface area contributed by atoms with Crippen LogP contribution in [0, 0.1) is 0 Å². The lowest BCUT2D eigenvalue weighted by Gasteiger charge is -2.16. The molecule has 1 aromatic rings. The Morgan fingerprint density at radius 2 is 1.81 bits per heavy atom. The quantitative estimate of drug-likeness (QED) is 0.853. The molecule has 0 fully saturated rings. The summed E-state index contributed by atoms with van der Waals surface area (Å²) in [6.07, 6.45) is -1.60. The number of hydrogen-bond acceptors (Lipinski definition) is 3. The van der Waals surface area contributed by atoms with Crippen molar-refractivity contribution in [2.75, 3.05) is 13.2 Å². The first kappa shape index (κ1) is 19.9. The van der Waals surface area contributed by atoms with E-state index in [-0.39, 0.29) is 6.61 Å². The van der Waals surface area contributed by atoms with Gasteiger partial charge in [-0.05, 0) is 24.5 Å². The molecule has 1 aliphatic heterocycles. The van der Waals surface area contributed by atoms with Crippen molar-refractivity contribution in [1.29, 1.82) is 0 Å². The van der Waals surface area contributed by atoms with Crippen molar-refractivity contribution in [3.8, 4) is 0 Å². The zero-order chi connectivity index (χ0) is 16.3. The maximum atomic E-state index is 12.3. The number of halogens is 3. The number of aliphatic hydroxyl groups excluding tert-OH is 1. The van der Waals surface area contributed by atoms with E-state index in [0.717, 1.165) is 18.1 Å². The molecule has 122 valence electrons. The second-order valence-electron chi connectivity index (χ2n) is 4.53. The summed E-state index contributed by atoms with van der Waals surface area (Å²) in [6.45, 7) is 7.24. The third-order valence-electron chi connectivity index (χ3n) is 2.34. The van der Waals surface area contributed by atoms with Gasteiger partial charge in [0.1, 0.15) is 5.69 Å². The van der Waals surface area contributed by atoms with Gasteiger partial charge in [-0.25, -0.2) is 4.98 Å². The first-order valence-corrected chi connectivity index (χ1v) is 7.15. The molecule has 2 rings (SSSR count). The van der Waals surface area contributed by atoms with Gasteiger partial charge in [-0.15, -0.1) is 0 Å². The molecule has 2 heterocycles. The third kappa shape index (κ3) is 8.02. The smallest absolute Gasteiger partial charge is 0.396 e. The van der Waals surface area contributed by atoms with Crippen molar-refractivity contribution in [2.24, 2.45) is 0 Å². The molecular formula is C15H24F3NO2. The van der Waals surface area contributed by atoms with Gasteiger partial charge in [-0.1, -0.05) is 33.3 Å². The highest BCUT2D eigenvalue weighted by Crippen LogP contribution is 2.29. The zero-order valence-corrected chi connectivity index (χ0v) is 12.8. The molecule has 0 radical (unpaired) electrons. The van der Waals surface area contributed by atoms with E-state index < -0.39 is 11.9 Å². The van der Waals surface area contributed by atoms with E-state index in [2.05, 4.69) is 18.8 Å². The van der Waals surface area contributed by atoms with Gasteiger partial charge < -0.3 is 9.84 Å². The Labute approximate surface area is 124 Å². The van der Waals surface area contributed by atoms with Crippen LogP contribution >= 0.6 is 0 Å². The third-order valence-corrected chi connectivity index (χ3v) is 2.34. The number of aromatic nitrogens is 1. The normalized spacial score (nSPS) is 13.3. The summed E-state index contributed by atoms with van der Waals surface area (Å²) in [4.78, 5) is 3.53. The highest BCUT2D eigenvalue weighted by atomic mass is 19.4. The number of pyridine rings is 1. The first-order valence-electron chi connectivity index (χ1n) is 7.15. The van der Waals surface area contributed by atoms with E-state index in [9.17, 15) is 13.2 Å². The number of ether oxygens (including phenoxy) is 1. The van der Waals surface area contributed by atoms with Crippen LogP contribution in [0.15, 0.2) is 12.1 Å². The first-order chi connectivity index (χ1) is 9.90. The molecule has 0 unspecified atom stereocenters. The topological polar surface area (TPSA) is 42.4 Å². The van der Waals surface area contributed by atoms with Crippen LogP contribution in [0.25, 0.3) is 0 Å². The van der Waals surface area contributed by atoms with E-state index in [1.165, 1.54) is 12.5 Å². The SMILES string of the molecule is CCC.CCCO.FC(F)(F)c1ccc2c(n1)COCC2. The van der Waals surface area contributed by atoms with Crippen LogP contribution in [-0.2, 0) is 23.9 Å². The maximum Gasteiger partial charge on any atom is 0.433 e. The zero-order valence-electron chi connectivity index (χ0n) is 12.8. The van der Waals surface area contributed by atoms with Crippen LogP contribution in [0.2, 0.25) is 0 Å². The molecule has 0 saturated carbocycles. The van der Waals surface area contributed by atoms with Gasteiger partial charge >= 0.3 is 6.18 Å². The predicted molar refractivity (Wildman–Crippen MR) is 75.9 cm³/mol. The second kappa shape index (κ2) is 10.6. The highest BCUT2D eigenvalue weighted by molar-refractivity contribution is 5.25. The summed E-state index contributed by atoms with van der Waals surface area (Å²) in [6, 6.07) is 2.50. The molecule has 0 spiro atoms. The van der Waals surface area contributed by atoms with E-state index in [1.54, 1.807) is 0 Å². The average molecular weight is 307 g/mol. The van der Waals surface area contributed by atoms with Gasteiger partial charge in [0.2, 0.25) is 0 Å². The van der Waals surface area contributed by atoms with Crippen molar-refractivity contribution < 1.29 is 23.0 Å². The van der Waals surface area contributed by atoms with Crippen molar-refractivity contribution in [1.82, 2.24) is 4.98 Å². The van der Waals surface area contributed by atoms with Crippen LogP contribution in [0.1, 0.15) is 50.6 Å². The lowest BCUT2D eigenvalue weighted by Crippen LogP contribution is -2.16. The molecule has 0 atom stereocenters. The fourth-order valence-electron chi connectivity index (χ4n) is 1.39. The van der Waals surface area contributed by atoms with Crippen molar-refractivity contribution in [3.05, 3.63) is 29.1 Å². The minimum absolute atomic E-state index is 0.180. The summed E-state index contributed by atoms with van der Waals surface area (Å²) in [5.41, 5.74) is 0.414. The number of aliphatic hydroxyl groups is 1. The molecule has 1 aromatic heterocycles. The lowest BCUT2D eigenvalue weighted by molar-refractivity contribution is -0.141. The maximum absolute atomic E-state index is 12.3. The fourth-order valence-corrected chi connectivity index (χ4v) is 1.39. The van der Waals surface area contributed by atoms with Gasteiger partial charge in [0.25, 0.3) is 0 Å². The molecule has 0 bridgehead atoms. The number of fused-ring (bicyclic) bond motifs is 1. The van der Waals surface area contributed by atoms with Gasteiger partial charge in [-0.2, -0.15) is 13.2 Å². The molecular weight excluding hydrogens is 283 g/mol.